The first-order chi connectivity index (χ1) is 15.3. The summed E-state index contributed by atoms with van der Waals surface area (Å²) in [5.74, 6) is 1.47. The lowest BCUT2D eigenvalue weighted by atomic mass is 9.87. The Kier molecular flexibility index (Phi) is 6.64. The van der Waals surface area contributed by atoms with Crippen LogP contribution in [-0.2, 0) is 6.42 Å². The zero-order valence-electron chi connectivity index (χ0n) is 20.1. The molecule has 1 aliphatic carbocycles. The molecule has 1 aliphatic rings. The van der Waals surface area contributed by atoms with Gasteiger partial charge in [-0.25, -0.2) is 9.37 Å². The smallest absolute Gasteiger partial charge is 0.127 e. The molecule has 0 amide bonds. The van der Waals surface area contributed by atoms with Crippen molar-refractivity contribution in [1.82, 2.24) is 4.98 Å². The molecular formula is C29H35FN2. The van der Waals surface area contributed by atoms with Crippen LogP contribution in [-0.4, -0.2) is 11.0 Å². The summed E-state index contributed by atoms with van der Waals surface area (Å²) < 4.78 is 15.0. The summed E-state index contributed by atoms with van der Waals surface area (Å²) in [5, 5.41) is 3.34. The van der Waals surface area contributed by atoms with E-state index in [2.05, 4.69) is 63.1 Å². The fourth-order valence-electron chi connectivity index (χ4n) is 5.15. The monoisotopic (exact) mass is 430 g/mol. The van der Waals surface area contributed by atoms with Crippen LogP contribution in [0.2, 0.25) is 0 Å². The van der Waals surface area contributed by atoms with Crippen LogP contribution >= 0.6 is 0 Å². The van der Waals surface area contributed by atoms with E-state index < -0.39 is 0 Å². The average Bonchev–Trinajstić information content (AvgIpc) is 3.26. The minimum atomic E-state index is -0.0642. The number of hydrogen-bond donors (Lipinski definition) is 1. The number of pyridine rings is 1. The van der Waals surface area contributed by atoms with Crippen LogP contribution in [0.5, 0.6) is 0 Å². The lowest BCUT2D eigenvalue weighted by molar-refractivity contribution is 0.521. The molecule has 4 rings (SSSR count). The highest BCUT2D eigenvalue weighted by Gasteiger charge is 2.19. The van der Waals surface area contributed by atoms with Crippen molar-refractivity contribution in [3.63, 3.8) is 0 Å². The first kappa shape index (κ1) is 22.5. The number of rotatable bonds is 6. The molecule has 1 N–H and O–H groups in total. The molecule has 0 unspecified atom stereocenters. The number of anilines is 1. The topological polar surface area (TPSA) is 24.9 Å². The highest BCUT2D eigenvalue weighted by atomic mass is 19.1. The van der Waals surface area contributed by atoms with Crippen molar-refractivity contribution in [2.75, 3.05) is 5.32 Å². The van der Waals surface area contributed by atoms with Crippen LogP contribution in [0.3, 0.4) is 0 Å². The molecule has 1 fully saturated rings. The Morgan fingerprint density at radius 1 is 0.969 bits per heavy atom. The second-order valence-corrected chi connectivity index (χ2v) is 9.76. The van der Waals surface area contributed by atoms with Crippen LogP contribution in [0, 0.1) is 32.5 Å². The predicted molar refractivity (Wildman–Crippen MR) is 134 cm³/mol. The van der Waals surface area contributed by atoms with Gasteiger partial charge >= 0.3 is 0 Å². The van der Waals surface area contributed by atoms with E-state index in [4.69, 9.17) is 0 Å². The number of halogens is 1. The summed E-state index contributed by atoms with van der Waals surface area (Å²) >= 11 is 0. The summed E-state index contributed by atoms with van der Waals surface area (Å²) in [5.41, 5.74) is 8.87. The molecule has 2 nitrogen and oxygen atoms in total. The highest BCUT2D eigenvalue weighted by Crippen LogP contribution is 2.37. The van der Waals surface area contributed by atoms with E-state index in [-0.39, 0.29) is 5.82 Å². The Bertz CT molecular complexity index is 1090. The average molecular weight is 431 g/mol. The molecule has 1 aromatic heterocycles. The predicted octanol–water partition coefficient (Wildman–Crippen LogP) is 8.03. The van der Waals surface area contributed by atoms with E-state index in [0.29, 0.717) is 12.0 Å². The number of nitrogens with zero attached hydrogens (tertiary/aromatic N) is 1. The van der Waals surface area contributed by atoms with Crippen molar-refractivity contribution in [3.05, 3.63) is 70.7 Å². The van der Waals surface area contributed by atoms with Gasteiger partial charge in [-0.15, -0.1) is 0 Å². The Hall–Kier alpha value is -2.68. The quantitative estimate of drug-likeness (QED) is 0.428. The molecule has 0 radical (unpaired) electrons. The first-order valence-corrected chi connectivity index (χ1v) is 12.0. The summed E-state index contributed by atoms with van der Waals surface area (Å²) in [7, 11) is 0. The third kappa shape index (κ3) is 4.72. The number of aryl methyl sites for hydroxylation is 1. The lowest BCUT2D eigenvalue weighted by Crippen LogP contribution is -2.10. The van der Waals surface area contributed by atoms with Crippen molar-refractivity contribution >= 4 is 5.82 Å². The summed E-state index contributed by atoms with van der Waals surface area (Å²) in [6, 6.07) is 12.6. The highest BCUT2D eigenvalue weighted by molar-refractivity contribution is 5.79. The Morgan fingerprint density at radius 2 is 1.69 bits per heavy atom. The summed E-state index contributed by atoms with van der Waals surface area (Å²) in [4.78, 5) is 4.59. The van der Waals surface area contributed by atoms with Crippen LogP contribution in [0.1, 0.15) is 61.8 Å². The van der Waals surface area contributed by atoms with E-state index in [1.165, 1.54) is 47.9 Å². The van der Waals surface area contributed by atoms with E-state index in [9.17, 15) is 4.39 Å². The number of hydrogen-bond acceptors (Lipinski definition) is 2. The lowest BCUT2D eigenvalue weighted by Gasteiger charge is -2.18. The molecular weight excluding hydrogens is 395 g/mol. The van der Waals surface area contributed by atoms with Gasteiger partial charge in [-0.05, 0) is 104 Å². The van der Waals surface area contributed by atoms with Crippen LogP contribution < -0.4 is 5.32 Å². The third-order valence-corrected chi connectivity index (χ3v) is 6.93. The largest absolute Gasteiger partial charge is 0.368 e. The van der Waals surface area contributed by atoms with Gasteiger partial charge in [-0.3, -0.25) is 0 Å². The standard InChI is InChI=1S/C29H35FN2/c1-18(2)32-28-13-12-25(17-31-28)29-19(3)14-26(20(4)21(29)5)23-10-11-24(27(30)16-23)15-22-8-6-7-9-22/h10-14,16-18,22H,6-9,15H2,1-5H3,(H,31,32). The molecule has 1 saturated carbocycles. The van der Waals surface area contributed by atoms with Gasteiger partial charge in [0.25, 0.3) is 0 Å². The normalized spacial score (nSPS) is 14.3. The molecule has 1 heterocycles. The van der Waals surface area contributed by atoms with Gasteiger partial charge in [0, 0.05) is 17.8 Å². The Labute approximate surface area is 192 Å². The second-order valence-electron chi connectivity index (χ2n) is 9.76. The molecule has 32 heavy (non-hydrogen) atoms. The summed E-state index contributed by atoms with van der Waals surface area (Å²) in [6.45, 7) is 10.6. The van der Waals surface area contributed by atoms with E-state index in [1.807, 2.05) is 18.3 Å². The fraction of sp³-hybridized carbons (Fsp3) is 0.414. The SMILES string of the molecule is Cc1cc(-c2ccc(CC3CCCC3)c(F)c2)c(C)c(C)c1-c1ccc(NC(C)C)nc1. The van der Waals surface area contributed by atoms with Gasteiger partial charge in [0.15, 0.2) is 0 Å². The molecule has 0 saturated heterocycles. The van der Waals surface area contributed by atoms with Gasteiger partial charge in [0.1, 0.15) is 11.6 Å². The van der Waals surface area contributed by atoms with Crippen LogP contribution in [0.15, 0.2) is 42.6 Å². The van der Waals surface area contributed by atoms with Gasteiger partial charge in [-0.2, -0.15) is 0 Å². The zero-order valence-corrected chi connectivity index (χ0v) is 20.1. The van der Waals surface area contributed by atoms with Crippen molar-refractivity contribution in [3.8, 4) is 22.3 Å². The van der Waals surface area contributed by atoms with E-state index in [1.54, 1.807) is 6.07 Å². The maximum absolute atomic E-state index is 15.0. The maximum atomic E-state index is 15.0. The van der Waals surface area contributed by atoms with Gasteiger partial charge in [-0.1, -0.05) is 43.9 Å². The van der Waals surface area contributed by atoms with E-state index in [0.717, 1.165) is 34.5 Å². The number of benzene rings is 2. The molecule has 168 valence electrons. The van der Waals surface area contributed by atoms with Crippen molar-refractivity contribution in [1.29, 1.82) is 0 Å². The van der Waals surface area contributed by atoms with Crippen LogP contribution in [0.4, 0.5) is 10.2 Å². The summed E-state index contributed by atoms with van der Waals surface area (Å²) in [6.07, 6.45) is 7.88. The zero-order chi connectivity index (χ0) is 22.8. The molecule has 0 aliphatic heterocycles. The van der Waals surface area contributed by atoms with Gasteiger partial charge < -0.3 is 5.32 Å². The minimum absolute atomic E-state index is 0.0642. The molecule has 3 aromatic rings. The minimum Gasteiger partial charge on any atom is -0.368 e. The molecule has 0 atom stereocenters. The number of nitrogens with one attached hydrogen (secondary N) is 1. The Balaban J connectivity index is 1.64. The van der Waals surface area contributed by atoms with Gasteiger partial charge in [0.2, 0.25) is 0 Å². The van der Waals surface area contributed by atoms with Crippen molar-refractivity contribution < 1.29 is 4.39 Å². The van der Waals surface area contributed by atoms with Crippen molar-refractivity contribution in [2.24, 2.45) is 5.92 Å². The van der Waals surface area contributed by atoms with Crippen LogP contribution in [0.25, 0.3) is 22.3 Å². The molecule has 3 heteroatoms. The van der Waals surface area contributed by atoms with Crippen molar-refractivity contribution in [2.45, 2.75) is 72.8 Å². The first-order valence-electron chi connectivity index (χ1n) is 12.0. The molecule has 0 bridgehead atoms. The Morgan fingerprint density at radius 3 is 2.31 bits per heavy atom. The number of aromatic nitrogens is 1. The molecule has 2 aromatic carbocycles. The second kappa shape index (κ2) is 9.44. The fourth-order valence-corrected chi connectivity index (χ4v) is 5.15. The van der Waals surface area contributed by atoms with Gasteiger partial charge in [0.05, 0.1) is 0 Å². The molecule has 0 spiro atoms. The third-order valence-electron chi connectivity index (χ3n) is 6.93. The van der Waals surface area contributed by atoms with E-state index >= 15 is 0 Å². The maximum Gasteiger partial charge on any atom is 0.127 e.